The highest BCUT2D eigenvalue weighted by molar-refractivity contribution is 14.1. The van der Waals surface area contributed by atoms with Crippen molar-refractivity contribution in [1.82, 2.24) is 14.5 Å². The molecular formula is C30H29Cl2IN6O3SSi. The van der Waals surface area contributed by atoms with Crippen LogP contribution in [0.15, 0.2) is 35.6 Å². The molecule has 0 unspecified atom stereocenters. The number of methoxy groups -OCH3 is 2. The van der Waals surface area contributed by atoms with Gasteiger partial charge in [0, 0.05) is 30.0 Å². The first-order chi connectivity index (χ1) is 20.9. The molecule has 0 aliphatic heterocycles. The second kappa shape index (κ2) is 15.8. The van der Waals surface area contributed by atoms with E-state index in [-0.39, 0.29) is 6.73 Å². The molecule has 0 saturated carbocycles. The number of hydrogen-bond donors (Lipinski definition) is 0. The minimum absolute atomic E-state index is 0.289. The maximum Gasteiger partial charge on any atom is 0.189 e. The second-order valence-electron chi connectivity index (χ2n) is 10.5. The highest BCUT2D eigenvalue weighted by Crippen LogP contribution is 2.38. The maximum atomic E-state index is 9.82. The molecule has 2 heterocycles. The fraction of sp³-hybridized carbons (Fsp3) is 0.300. The summed E-state index contributed by atoms with van der Waals surface area (Å²) in [5, 5.41) is 29.9. The normalized spacial score (nSPS) is 10.8. The van der Waals surface area contributed by atoms with Gasteiger partial charge in [0.25, 0.3) is 0 Å². The summed E-state index contributed by atoms with van der Waals surface area (Å²) in [6.45, 7) is 7.85. The average molecular weight is 780 g/mol. The van der Waals surface area contributed by atoms with Crippen molar-refractivity contribution in [3.05, 3.63) is 60.8 Å². The van der Waals surface area contributed by atoms with Crippen LogP contribution >= 0.6 is 57.6 Å². The molecule has 0 radical (unpaired) electrons. The number of nitriles is 3. The van der Waals surface area contributed by atoms with Crippen molar-refractivity contribution in [2.45, 2.75) is 37.6 Å². The molecule has 2 aromatic carbocycles. The molecule has 0 saturated heterocycles. The van der Waals surface area contributed by atoms with Crippen LogP contribution in [0.2, 0.25) is 35.7 Å². The Morgan fingerprint density at radius 3 is 2.05 bits per heavy atom. The minimum Gasteiger partial charge on any atom is -0.495 e. The molecule has 14 heteroatoms. The van der Waals surface area contributed by atoms with Gasteiger partial charge in [0.05, 0.1) is 52.0 Å². The Hall–Kier alpha value is -3.03. The van der Waals surface area contributed by atoms with Crippen LogP contribution in [-0.2, 0) is 11.5 Å². The summed E-state index contributed by atoms with van der Waals surface area (Å²) in [6.07, 6.45) is 3.62. The van der Waals surface area contributed by atoms with E-state index >= 15 is 0 Å². The molecule has 0 atom stereocenters. The van der Waals surface area contributed by atoms with E-state index in [1.54, 1.807) is 30.5 Å². The molecule has 4 aromatic rings. The van der Waals surface area contributed by atoms with E-state index in [2.05, 4.69) is 64.3 Å². The number of thioether (sulfide) groups is 1. The van der Waals surface area contributed by atoms with Crippen LogP contribution in [0.25, 0.3) is 22.3 Å². The Bertz CT molecular complexity index is 1810. The molecule has 0 amide bonds. The van der Waals surface area contributed by atoms with E-state index in [1.165, 1.54) is 26.0 Å². The zero-order chi connectivity index (χ0) is 32.6. The van der Waals surface area contributed by atoms with Gasteiger partial charge >= 0.3 is 0 Å². The fourth-order valence-corrected chi connectivity index (χ4v) is 5.93. The van der Waals surface area contributed by atoms with Gasteiger partial charge in [-0.3, -0.25) is 0 Å². The van der Waals surface area contributed by atoms with E-state index in [1.807, 2.05) is 16.9 Å². The van der Waals surface area contributed by atoms with Gasteiger partial charge in [-0.05, 0) is 59.2 Å². The lowest BCUT2D eigenvalue weighted by Gasteiger charge is -2.16. The third-order valence-electron chi connectivity index (χ3n) is 6.25. The molecule has 44 heavy (non-hydrogen) atoms. The summed E-state index contributed by atoms with van der Waals surface area (Å²) in [5.74, 6) is 0.947. The Balaban J connectivity index is 0.000000369. The molecule has 0 N–H and O–H groups in total. The van der Waals surface area contributed by atoms with Crippen molar-refractivity contribution in [2.24, 2.45) is 0 Å². The van der Waals surface area contributed by atoms with Crippen LogP contribution in [0.1, 0.15) is 16.7 Å². The number of fused-ring (bicyclic) bond motifs is 1. The molecular weight excluding hydrogens is 750 g/mol. The van der Waals surface area contributed by atoms with Gasteiger partial charge in [-0.2, -0.15) is 15.8 Å². The van der Waals surface area contributed by atoms with Crippen molar-refractivity contribution in [2.75, 3.05) is 27.1 Å². The van der Waals surface area contributed by atoms with Crippen LogP contribution in [0.3, 0.4) is 0 Å². The van der Waals surface area contributed by atoms with Gasteiger partial charge in [0.15, 0.2) is 5.16 Å². The lowest BCUT2D eigenvalue weighted by atomic mass is 10.0. The Morgan fingerprint density at radius 1 is 0.909 bits per heavy atom. The van der Waals surface area contributed by atoms with Crippen LogP contribution in [-0.4, -0.2) is 49.7 Å². The predicted octanol–water partition coefficient (Wildman–Crippen LogP) is 8.36. The van der Waals surface area contributed by atoms with Crippen LogP contribution < -0.4 is 9.47 Å². The minimum atomic E-state index is -1.21. The molecule has 228 valence electrons. The Morgan fingerprint density at radius 2 is 1.50 bits per heavy atom. The van der Waals surface area contributed by atoms with Crippen molar-refractivity contribution >= 4 is 76.7 Å². The number of aromatic nitrogens is 3. The quantitative estimate of drug-likeness (QED) is 0.0541. The molecule has 9 nitrogen and oxygen atoms in total. The van der Waals surface area contributed by atoms with Crippen molar-refractivity contribution in [3.63, 3.8) is 0 Å². The first-order valence-electron chi connectivity index (χ1n) is 13.0. The monoisotopic (exact) mass is 778 g/mol. The van der Waals surface area contributed by atoms with Crippen molar-refractivity contribution < 1.29 is 14.2 Å². The van der Waals surface area contributed by atoms with Gasteiger partial charge in [-0.15, -0.1) is 0 Å². The topological polar surface area (TPSA) is 130 Å². The number of nitrogens with zero attached hydrogens (tertiary/aromatic N) is 6. The van der Waals surface area contributed by atoms with Gasteiger partial charge in [0.2, 0.25) is 0 Å². The molecule has 0 fully saturated rings. The largest absolute Gasteiger partial charge is 0.495 e. The predicted molar refractivity (Wildman–Crippen MR) is 185 cm³/mol. The number of ether oxygens (including phenoxy) is 3. The highest BCUT2D eigenvalue weighted by Gasteiger charge is 2.22. The Kier molecular flexibility index (Phi) is 12.7. The first-order valence-corrected chi connectivity index (χ1v) is 19.8. The number of halogens is 3. The van der Waals surface area contributed by atoms with Gasteiger partial charge in [-0.25, -0.2) is 9.97 Å². The molecule has 0 aliphatic rings. The summed E-state index contributed by atoms with van der Waals surface area (Å²) < 4.78 is 19.0. The third-order valence-corrected chi connectivity index (χ3v) is 10.3. The first kappa shape index (κ1) is 35.4. The summed E-state index contributed by atoms with van der Waals surface area (Å²) >= 11 is 15.8. The van der Waals surface area contributed by atoms with Crippen LogP contribution in [0.5, 0.6) is 11.5 Å². The van der Waals surface area contributed by atoms with Gasteiger partial charge in [-0.1, -0.05) is 54.6 Å². The third kappa shape index (κ3) is 8.57. The summed E-state index contributed by atoms with van der Waals surface area (Å²) in [4.78, 5) is 9.31. The smallest absolute Gasteiger partial charge is 0.189 e. The zero-order valence-corrected chi connectivity index (χ0v) is 30.4. The summed E-state index contributed by atoms with van der Waals surface area (Å²) in [6, 6.07) is 13.9. The van der Waals surface area contributed by atoms with E-state index in [4.69, 9.17) is 42.7 Å². The average Bonchev–Trinajstić information content (AvgIpc) is 3.37. The Labute approximate surface area is 285 Å². The molecule has 0 spiro atoms. The lowest BCUT2D eigenvalue weighted by Crippen LogP contribution is -2.22. The zero-order valence-electron chi connectivity index (χ0n) is 25.0. The van der Waals surface area contributed by atoms with Crippen molar-refractivity contribution in [3.8, 4) is 41.0 Å². The molecule has 2 aromatic heterocycles. The highest BCUT2D eigenvalue weighted by atomic mass is 127. The second-order valence-corrected chi connectivity index (χ2v) is 18.8. The maximum absolute atomic E-state index is 9.82. The summed E-state index contributed by atoms with van der Waals surface area (Å²) in [7, 11) is 1.81. The standard InChI is InChI=1S/C22H24ClN5O2SSi.C8H5ClINO/c1-29-18-9-16(17(23)8-14(18)10-24)20-19-15(11-25)12-28(13-30-6-7-32(3,4)5)21(19)27-22(26-20)31-2;1-12-8-3-7(10)6(9)2-5(8)4-11/h8-9,12H,6-7,13H2,1-5H3;2-3H,1H3. The molecule has 4 rings (SSSR count). The fourth-order valence-electron chi connectivity index (χ4n) is 3.95. The SMILES string of the molecule is COc1cc(-c2nc(SC)nc3c2c(C#N)cn3COCC[Si](C)(C)C)c(Cl)cc1C#N.COc1cc(I)c(Cl)cc1C#N. The van der Waals surface area contributed by atoms with E-state index < -0.39 is 8.07 Å². The van der Waals surface area contributed by atoms with Gasteiger partial charge in [0.1, 0.15) is 42.1 Å². The number of benzene rings is 2. The van der Waals surface area contributed by atoms with E-state index in [0.717, 1.165) is 9.61 Å². The van der Waals surface area contributed by atoms with Gasteiger partial charge < -0.3 is 18.8 Å². The van der Waals surface area contributed by atoms with E-state index in [9.17, 15) is 10.5 Å². The summed E-state index contributed by atoms with van der Waals surface area (Å²) in [5.41, 5.74) is 2.90. The lowest BCUT2D eigenvalue weighted by molar-refractivity contribution is 0.0898. The van der Waals surface area contributed by atoms with E-state index in [0.29, 0.717) is 72.3 Å². The number of rotatable bonds is 9. The van der Waals surface area contributed by atoms with Crippen molar-refractivity contribution in [1.29, 1.82) is 15.8 Å². The molecule has 0 aliphatic carbocycles. The number of hydrogen-bond acceptors (Lipinski definition) is 9. The molecule has 0 bridgehead atoms. The van der Waals surface area contributed by atoms with Crippen LogP contribution in [0.4, 0.5) is 0 Å². The van der Waals surface area contributed by atoms with Crippen LogP contribution in [0, 0.1) is 37.6 Å².